The summed E-state index contributed by atoms with van der Waals surface area (Å²) in [6, 6.07) is 7.86. The van der Waals surface area contributed by atoms with Crippen LogP contribution in [0.3, 0.4) is 0 Å². The molecule has 1 aromatic rings. The molecule has 2 nitrogen and oxygen atoms in total. The molecule has 0 bridgehead atoms. The van der Waals surface area contributed by atoms with Crippen LogP contribution < -0.4 is 0 Å². The third-order valence-corrected chi connectivity index (χ3v) is 3.83. The van der Waals surface area contributed by atoms with Crippen LogP contribution in [0.1, 0.15) is 56.1 Å². The number of carboxylic acids is 1. The molecule has 1 rings (SSSR count). The van der Waals surface area contributed by atoms with Crippen LogP contribution in [-0.4, -0.2) is 11.1 Å². The average Bonchev–Trinajstić information content (AvgIpc) is 2.39. The molecule has 0 fully saturated rings. The van der Waals surface area contributed by atoms with Crippen molar-refractivity contribution < 1.29 is 9.90 Å². The van der Waals surface area contributed by atoms with Gasteiger partial charge in [-0.25, -0.2) is 0 Å². The molecular weight excluding hydrogens is 292 g/mol. The summed E-state index contributed by atoms with van der Waals surface area (Å²) in [7, 11) is 0. The molecular formula is C15H21BrO2. The van der Waals surface area contributed by atoms with Crippen molar-refractivity contribution in [3.8, 4) is 0 Å². The van der Waals surface area contributed by atoms with Crippen molar-refractivity contribution >= 4 is 21.9 Å². The number of benzene rings is 1. The Hall–Kier alpha value is -0.830. The van der Waals surface area contributed by atoms with Gasteiger partial charge < -0.3 is 5.11 Å². The van der Waals surface area contributed by atoms with Crippen molar-refractivity contribution in [2.45, 2.75) is 50.3 Å². The predicted molar refractivity (Wildman–Crippen MR) is 78.2 cm³/mol. The molecule has 0 aliphatic heterocycles. The zero-order valence-electron chi connectivity index (χ0n) is 10.9. The van der Waals surface area contributed by atoms with Gasteiger partial charge in [0.25, 0.3) is 0 Å². The van der Waals surface area contributed by atoms with E-state index in [4.69, 9.17) is 0 Å². The van der Waals surface area contributed by atoms with Crippen LogP contribution in [0.5, 0.6) is 0 Å². The van der Waals surface area contributed by atoms with Gasteiger partial charge in [0.1, 0.15) is 0 Å². The minimum absolute atomic E-state index is 0.355. The molecule has 0 aliphatic carbocycles. The predicted octanol–water partition coefficient (Wildman–Crippen LogP) is 4.72. The summed E-state index contributed by atoms with van der Waals surface area (Å²) < 4.78 is 0. The number of aliphatic carboxylic acids is 1. The number of halogens is 1. The maximum atomic E-state index is 11.3. The molecule has 0 radical (unpaired) electrons. The summed E-state index contributed by atoms with van der Waals surface area (Å²) in [5.74, 6) is -1.07. The van der Waals surface area contributed by atoms with Gasteiger partial charge in [-0.1, -0.05) is 72.8 Å². The van der Waals surface area contributed by atoms with Crippen LogP contribution in [0.15, 0.2) is 24.3 Å². The van der Waals surface area contributed by atoms with Gasteiger partial charge in [-0.2, -0.15) is 0 Å². The Morgan fingerprint density at radius 2 is 1.89 bits per heavy atom. The third-order valence-electron chi connectivity index (χ3n) is 3.18. The highest BCUT2D eigenvalue weighted by Crippen LogP contribution is 2.24. The molecule has 1 N–H and O–H groups in total. The van der Waals surface area contributed by atoms with Crippen LogP contribution in [0.2, 0.25) is 0 Å². The van der Waals surface area contributed by atoms with Crippen molar-refractivity contribution in [1.29, 1.82) is 0 Å². The fourth-order valence-electron chi connectivity index (χ4n) is 2.05. The van der Waals surface area contributed by atoms with Gasteiger partial charge in [0.15, 0.2) is 0 Å². The Kier molecular flexibility index (Phi) is 7.02. The molecule has 0 saturated heterocycles. The van der Waals surface area contributed by atoms with E-state index in [-0.39, 0.29) is 5.92 Å². The molecule has 0 amide bonds. The quantitative estimate of drug-likeness (QED) is 0.557. The number of carbonyl (C=O) groups is 1. The number of alkyl halides is 1. The van der Waals surface area contributed by atoms with Crippen LogP contribution in [0.25, 0.3) is 0 Å². The lowest BCUT2D eigenvalue weighted by Crippen LogP contribution is -2.11. The smallest absolute Gasteiger partial charge is 0.310 e. The summed E-state index contributed by atoms with van der Waals surface area (Å²) in [6.07, 6.45) is 5.22. The van der Waals surface area contributed by atoms with E-state index in [1.54, 1.807) is 0 Å². The topological polar surface area (TPSA) is 37.3 Å². The Balaban J connectivity index is 2.62. The molecule has 18 heavy (non-hydrogen) atoms. The third kappa shape index (κ3) is 4.81. The number of hydrogen-bond donors (Lipinski definition) is 1. The summed E-state index contributed by atoms with van der Waals surface area (Å²) >= 11 is 3.39. The highest BCUT2D eigenvalue weighted by Gasteiger charge is 2.18. The fourth-order valence-corrected chi connectivity index (χ4v) is 2.42. The van der Waals surface area contributed by atoms with Gasteiger partial charge in [0, 0.05) is 5.33 Å². The molecule has 0 saturated carbocycles. The first kappa shape index (κ1) is 15.2. The van der Waals surface area contributed by atoms with E-state index >= 15 is 0 Å². The molecule has 0 aromatic heterocycles. The van der Waals surface area contributed by atoms with Crippen LogP contribution in [0, 0.1) is 0 Å². The highest BCUT2D eigenvalue weighted by molar-refractivity contribution is 9.08. The molecule has 1 unspecified atom stereocenters. The number of rotatable bonds is 8. The van der Waals surface area contributed by atoms with Crippen molar-refractivity contribution in [3.05, 3.63) is 35.4 Å². The highest BCUT2D eigenvalue weighted by atomic mass is 79.9. The second kappa shape index (κ2) is 8.30. The summed E-state index contributed by atoms with van der Waals surface area (Å²) in [5.41, 5.74) is 2.09. The van der Waals surface area contributed by atoms with E-state index in [9.17, 15) is 9.90 Å². The van der Waals surface area contributed by atoms with Crippen LogP contribution in [-0.2, 0) is 10.1 Å². The van der Waals surface area contributed by atoms with Crippen molar-refractivity contribution in [2.75, 3.05) is 0 Å². The van der Waals surface area contributed by atoms with E-state index < -0.39 is 5.97 Å². The molecule has 0 spiro atoms. The maximum Gasteiger partial charge on any atom is 0.310 e. The largest absolute Gasteiger partial charge is 0.481 e. The first-order valence-corrected chi connectivity index (χ1v) is 7.68. The van der Waals surface area contributed by atoms with Crippen LogP contribution in [0.4, 0.5) is 0 Å². The number of unbranched alkanes of at least 4 members (excludes halogenated alkanes) is 3. The number of hydrogen-bond acceptors (Lipinski definition) is 1. The van der Waals surface area contributed by atoms with Gasteiger partial charge in [-0.05, 0) is 17.5 Å². The fraction of sp³-hybridized carbons (Fsp3) is 0.533. The van der Waals surface area contributed by atoms with Crippen molar-refractivity contribution in [1.82, 2.24) is 0 Å². The first-order valence-electron chi connectivity index (χ1n) is 6.56. The average molecular weight is 313 g/mol. The lowest BCUT2D eigenvalue weighted by Gasteiger charge is -2.13. The van der Waals surface area contributed by atoms with Gasteiger partial charge in [0.2, 0.25) is 0 Å². The lowest BCUT2D eigenvalue weighted by atomic mass is 9.92. The zero-order chi connectivity index (χ0) is 13.4. The minimum Gasteiger partial charge on any atom is -0.481 e. The normalized spacial score (nSPS) is 12.3. The van der Waals surface area contributed by atoms with Crippen molar-refractivity contribution in [3.63, 3.8) is 0 Å². The monoisotopic (exact) mass is 312 g/mol. The van der Waals surface area contributed by atoms with E-state index in [0.717, 1.165) is 30.2 Å². The second-order valence-electron chi connectivity index (χ2n) is 4.62. The van der Waals surface area contributed by atoms with Gasteiger partial charge in [0.05, 0.1) is 5.92 Å². The van der Waals surface area contributed by atoms with Crippen molar-refractivity contribution in [2.24, 2.45) is 0 Å². The Labute approximate surface area is 118 Å². The molecule has 100 valence electrons. The van der Waals surface area contributed by atoms with E-state index in [2.05, 4.69) is 22.9 Å². The SMILES string of the molecule is CCCCCCC(C(=O)O)c1ccc(CBr)cc1. The minimum atomic E-state index is -0.710. The lowest BCUT2D eigenvalue weighted by molar-refractivity contribution is -0.139. The van der Waals surface area contributed by atoms with E-state index in [1.807, 2.05) is 24.3 Å². The summed E-state index contributed by atoms with van der Waals surface area (Å²) in [5, 5.41) is 10.1. The molecule has 3 heteroatoms. The van der Waals surface area contributed by atoms with Gasteiger partial charge in [-0.3, -0.25) is 4.79 Å². The van der Waals surface area contributed by atoms with Gasteiger partial charge >= 0.3 is 5.97 Å². The maximum absolute atomic E-state index is 11.3. The second-order valence-corrected chi connectivity index (χ2v) is 5.18. The zero-order valence-corrected chi connectivity index (χ0v) is 12.4. The summed E-state index contributed by atoms with van der Waals surface area (Å²) in [4.78, 5) is 11.3. The molecule has 1 aromatic carbocycles. The molecule has 0 heterocycles. The van der Waals surface area contributed by atoms with Gasteiger partial charge in [-0.15, -0.1) is 0 Å². The Bertz CT molecular complexity index is 359. The summed E-state index contributed by atoms with van der Waals surface area (Å²) in [6.45, 7) is 2.16. The standard InChI is InChI=1S/C15H21BrO2/c1-2-3-4-5-6-14(15(17)18)13-9-7-12(11-16)8-10-13/h7-10,14H,2-6,11H2,1H3,(H,17,18). The first-order chi connectivity index (χ1) is 8.69. The van der Waals surface area contributed by atoms with E-state index in [1.165, 1.54) is 18.4 Å². The van der Waals surface area contributed by atoms with Crippen LogP contribution >= 0.6 is 15.9 Å². The number of carboxylic acid groups (broad SMARTS) is 1. The molecule has 1 atom stereocenters. The Morgan fingerprint density at radius 1 is 1.22 bits per heavy atom. The van der Waals surface area contributed by atoms with E-state index in [0.29, 0.717) is 0 Å². The Morgan fingerprint density at radius 3 is 2.39 bits per heavy atom. The molecule has 0 aliphatic rings.